The van der Waals surface area contributed by atoms with Crippen molar-refractivity contribution in [3.8, 4) is 11.8 Å². The Balaban J connectivity index is 1.39. The fraction of sp³-hybridized carbons (Fsp3) is 0.524. The van der Waals surface area contributed by atoms with Gasteiger partial charge in [-0.15, -0.1) is 0 Å². The van der Waals surface area contributed by atoms with Crippen LogP contribution in [0.2, 0.25) is 0 Å². The Morgan fingerprint density at radius 1 is 1.19 bits per heavy atom. The maximum atomic E-state index is 11.9. The molecule has 1 saturated carbocycles. The van der Waals surface area contributed by atoms with E-state index in [4.69, 9.17) is 0 Å². The number of benzene rings is 1. The molecule has 5 nitrogen and oxygen atoms in total. The standard InChI is InChI=1S/C21H27N3O2/c25-20(13-10-17-5-2-1-3-6-17)22-14-4-7-18-8-11-19(12-9-18)24-16-15-23-21(24)26/h8-9,11-12,17H,1-3,5-6,10,13-16H2,(H,22,25)(H,23,26). The van der Waals surface area contributed by atoms with Gasteiger partial charge in [-0.2, -0.15) is 0 Å². The third-order valence-corrected chi connectivity index (χ3v) is 5.15. The molecule has 1 heterocycles. The summed E-state index contributed by atoms with van der Waals surface area (Å²) in [6, 6.07) is 7.55. The average molecular weight is 353 g/mol. The van der Waals surface area contributed by atoms with Crippen molar-refractivity contribution in [1.29, 1.82) is 0 Å². The molecule has 2 aliphatic rings. The van der Waals surface area contributed by atoms with Crippen LogP contribution in [0.1, 0.15) is 50.5 Å². The van der Waals surface area contributed by atoms with Crippen LogP contribution in [0.3, 0.4) is 0 Å². The van der Waals surface area contributed by atoms with Crippen LogP contribution >= 0.6 is 0 Å². The van der Waals surface area contributed by atoms with Crippen molar-refractivity contribution in [1.82, 2.24) is 10.6 Å². The summed E-state index contributed by atoms with van der Waals surface area (Å²) in [5.41, 5.74) is 1.76. The summed E-state index contributed by atoms with van der Waals surface area (Å²) in [6.07, 6.45) is 8.16. The van der Waals surface area contributed by atoms with Gasteiger partial charge < -0.3 is 10.6 Å². The quantitative estimate of drug-likeness (QED) is 0.799. The number of carbonyl (C=O) groups excluding carboxylic acids is 2. The molecule has 1 aromatic rings. The number of rotatable bonds is 5. The van der Waals surface area contributed by atoms with Gasteiger partial charge in [-0.3, -0.25) is 9.69 Å². The zero-order chi connectivity index (χ0) is 18.2. The van der Waals surface area contributed by atoms with Crippen molar-refractivity contribution < 1.29 is 9.59 Å². The fourth-order valence-corrected chi connectivity index (χ4v) is 3.63. The van der Waals surface area contributed by atoms with Crippen molar-refractivity contribution in [3.63, 3.8) is 0 Å². The first-order chi connectivity index (χ1) is 12.7. The molecular weight excluding hydrogens is 326 g/mol. The second-order valence-corrected chi connectivity index (χ2v) is 7.05. The molecule has 0 aromatic heterocycles. The van der Waals surface area contributed by atoms with Crippen molar-refractivity contribution in [2.24, 2.45) is 5.92 Å². The van der Waals surface area contributed by atoms with E-state index in [0.29, 0.717) is 26.1 Å². The van der Waals surface area contributed by atoms with Crippen molar-refractivity contribution in [2.45, 2.75) is 44.9 Å². The normalized spacial score (nSPS) is 17.4. The molecule has 0 atom stereocenters. The second-order valence-electron chi connectivity index (χ2n) is 7.05. The lowest BCUT2D eigenvalue weighted by molar-refractivity contribution is -0.121. The van der Waals surface area contributed by atoms with Gasteiger partial charge in [-0.1, -0.05) is 43.9 Å². The highest BCUT2D eigenvalue weighted by molar-refractivity contribution is 5.94. The Bertz CT molecular complexity index is 681. The van der Waals surface area contributed by atoms with Gasteiger partial charge >= 0.3 is 6.03 Å². The minimum atomic E-state index is -0.0558. The Labute approximate surface area is 155 Å². The third-order valence-electron chi connectivity index (χ3n) is 5.15. The smallest absolute Gasteiger partial charge is 0.321 e. The number of carbonyl (C=O) groups is 2. The van der Waals surface area contributed by atoms with Gasteiger partial charge in [0, 0.05) is 30.8 Å². The Hall–Kier alpha value is -2.48. The molecule has 0 radical (unpaired) electrons. The van der Waals surface area contributed by atoms with E-state index in [-0.39, 0.29) is 11.9 Å². The fourth-order valence-electron chi connectivity index (χ4n) is 3.63. The van der Waals surface area contributed by atoms with E-state index in [9.17, 15) is 9.59 Å². The van der Waals surface area contributed by atoms with Crippen LogP contribution in [0.4, 0.5) is 10.5 Å². The molecular formula is C21H27N3O2. The first kappa shape index (κ1) is 18.3. The predicted octanol–water partition coefficient (Wildman–Crippen LogP) is 3.04. The van der Waals surface area contributed by atoms with Crippen LogP contribution in [0, 0.1) is 17.8 Å². The molecule has 2 N–H and O–H groups in total. The van der Waals surface area contributed by atoms with Crippen LogP contribution in [-0.4, -0.2) is 31.6 Å². The zero-order valence-corrected chi connectivity index (χ0v) is 15.2. The number of hydrogen-bond donors (Lipinski definition) is 2. The van der Waals surface area contributed by atoms with Crippen molar-refractivity contribution >= 4 is 17.6 Å². The van der Waals surface area contributed by atoms with E-state index in [1.54, 1.807) is 4.90 Å². The van der Waals surface area contributed by atoms with Gasteiger partial charge in [-0.25, -0.2) is 4.79 Å². The van der Waals surface area contributed by atoms with Gasteiger partial charge in [0.15, 0.2) is 0 Å². The van der Waals surface area contributed by atoms with E-state index >= 15 is 0 Å². The van der Waals surface area contributed by atoms with Gasteiger partial charge in [-0.05, 0) is 36.6 Å². The number of anilines is 1. The Morgan fingerprint density at radius 3 is 2.65 bits per heavy atom. The molecule has 1 aromatic carbocycles. The molecule has 138 valence electrons. The van der Waals surface area contributed by atoms with Crippen LogP contribution in [0.25, 0.3) is 0 Å². The highest BCUT2D eigenvalue weighted by Crippen LogP contribution is 2.27. The Kier molecular flexibility index (Phi) is 6.54. The highest BCUT2D eigenvalue weighted by Gasteiger charge is 2.20. The number of urea groups is 1. The monoisotopic (exact) mass is 353 g/mol. The van der Waals surface area contributed by atoms with E-state index in [1.807, 2.05) is 24.3 Å². The maximum absolute atomic E-state index is 11.9. The summed E-state index contributed by atoms with van der Waals surface area (Å²) in [5.74, 6) is 6.87. The lowest BCUT2D eigenvalue weighted by atomic mass is 9.86. The first-order valence-corrected chi connectivity index (χ1v) is 9.63. The number of nitrogens with zero attached hydrogens (tertiary/aromatic N) is 1. The molecule has 5 heteroatoms. The summed E-state index contributed by atoms with van der Waals surface area (Å²) >= 11 is 0. The summed E-state index contributed by atoms with van der Waals surface area (Å²) in [6.45, 7) is 1.75. The zero-order valence-electron chi connectivity index (χ0n) is 15.2. The van der Waals surface area contributed by atoms with Gasteiger partial charge in [0.2, 0.25) is 5.91 Å². The Morgan fingerprint density at radius 2 is 1.96 bits per heavy atom. The summed E-state index contributed by atoms with van der Waals surface area (Å²) < 4.78 is 0. The minimum absolute atomic E-state index is 0.0558. The van der Waals surface area contributed by atoms with E-state index in [1.165, 1.54) is 32.1 Å². The number of hydrogen-bond acceptors (Lipinski definition) is 2. The van der Waals surface area contributed by atoms with E-state index in [0.717, 1.165) is 23.6 Å². The van der Waals surface area contributed by atoms with Crippen LogP contribution in [-0.2, 0) is 4.79 Å². The SMILES string of the molecule is O=C(CCC1CCCCC1)NCC#Cc1ccc(N2CCNC2=O)cc1. The molecule has 0 bridgehead atoms. The first-order valence-electron chi connectivity index (χ1n) is 9.63. The molecule has 1 saturated heterocycles. The van der Waals surface area contributed by atoms with Crippen LogP contribution < -0.4 is 15.5 Å². The minimum Gasteiger partial charge on any atom is -0.345 e. The van der Waals surface area contributed by atoms with Crippen LogP contribution in [0.5, 0.6) is 0 Å². The van der Waals surface area contributed by atoms with Crippen molar-refractivity contribution in [2.75, 3.05) is 24.5 Å². The molecule has 3 amide bonds. The largest absolute Gasteiger partial charge is 0.345 e. The molecule has 1 aliphatic carbocycles. The van der Waals surface area contributed by atoms with Gasteiger partial charge in [0.25, 0.3) is 0 Å². The lowest BCUT2D eigenvalue weighted by Crippen LogP contribution is -2.27. The molecule has 0 spiro atoms. The predicted molar refractivity (Wildman–Crippen MR) is 103 cm³/mol. The number of nitrogens with one attached hydrogen (secondary N) is 2. The van der Waals surface area contributed by atoms with Gasteiger partial charge in [0.05, 0.1) is 6.54 Å². The summed E-state index contributed by atoms with van der Waals surface area (Å²) in [7, 11) is 0. The van der Waals surface area contributed by atoms with E-state index < -0.39 is 0 Å². The number of amides is 3. The average Bonchev–Trinajstić information content (AvgIpc) is 3.11. The molecule has 3 rings (SSSR count). The summed E-state index contributed by atoms with van der Waals surface area (Å²) in [5, 5.41) is 5.67. The lowest BCUT2D eigenvalue weighted by Gasteiger charge is -2.20. The molecule has 1 aliphatic heterocycles. The van der Waals surface area contributed by atoms with Crippen molar-refractivity contribution in [3.05, 3.63) is 29.8 Å². The topological polar surface area (TPSA) is 61.4 Å². The van der Waals surface area contributed by atoms with Crippen LogP contribution in [0.15, 0.2) is 24.3 Å². The second kappa shape index (κ2) is 9.28. The molecule has 26 heavy (non-hydrogen) atoms. The summed E-state index contributed by atoms with van der Waals surface area (Å²) in [4.78, 5) is 25.2. The molecule has 2 fully saturated rings. The maximum Gasteiger partial charge on any atom is 0.321 e. The van der Waals surface area contributed by atoms with Gasteiger partial charge in [0.1, 0.15) is 0 Å². The third kappa shape index (κ3) is 5.26. The molecule has 0 unspecified atom stereocenters. The van der Waals surface area contributed by atoms with E-state index in [2.05, 4.69) is 22.5 Å². The highest BCUT2D eigenvalue weighted by atomic mass is 16.2.